The Bertz CT molecular complexity index is 904. The zero-order chi connectivity index (χ0) is 41.6. The summed E-state index contributed by atoms with van der Waals surface area (Å²) in [6.45, 7) is 3.76. The number of rotatable bonds is 41. The lowest BCUT2D eigenvalue weighted by molar-refractivity contribution is -0.302. The second kappa shape index (κ2) is 39.1. The highest BCUT2D eigenvalue weighted by molar-refractivity contribution is 5.76. The van der Waals surface area contributed by atoms with Gasteiger partial charge in [-0.2, -0.15) is 0 Å². The number of nitrogens with one attached hydrogen (secondary N) is 1. The smallest absolute Gasteiger partial charge is 0.220 e. The maximum absolute atomic E-state index is 12.9. The van der Waals surface area contributed by atoms with Crippen molar-refractivity contribution in [3.05, 3.63) is 12.2 Å². The summed E-state index contributed by atoms with van der Waals surface area (Å²) in [5, 5.41) is 54.1. The monoisotopic (exact) mass is 812 g/mol. The minimum atomic E-state index is -1.56. The number of unbranched alkanes of at least 4 members (excludes halogenated alkanes) is 31. The minimum Gasteiger partial charge on any atom is -0.394 e. The standard InChI is InChI=1S/C48H93NO8/c1-3-5-7-9-11-13-14-15-16-17-18-19-20-21-22-23-24-25-26-27-28-30-31-33-35-37-42(51)41(40-56-48-47(55)46(54)45(53)43(39-50)57-48)49-44(52)38-36-34-32-29-12-10-8-6-4-2/h35,37,41-43,45-48,50-51,53-55H,3-34,36,38-40H2,1-2H3,(H,49,52)/b37-35+. The molecule has 1 aliphatic rings. The molecule has 0 bridgehead atoms. The predicted molar refractivity (Wildman–Crippen MR) is 235 cm³/mol. The van der Waals surface area contributed by atoms with Crippen LogP contribution in [0.25, 0.3) is 0 Å². The molecule has 0 spiro atoms. The first-order valence-corrected chi connectivity index (χ1v) is 24.4. The fraction of sp³-hybridized carbons (Fsp3) is 0.938. The molecule has 9 heteroatoms. The first-order valence-electron chi connectivity index (χ1n) is 24.4. The molecule has 338 valence electrons. The van der Waals surface area contributed by atoms with Gasteiger partial charge < -0.3 is 40.3 Å². The molecule has 57 heavy (non-hydrogen) atoms. The van der Waals surface area contributed by atoms with Crippen LogP contribution in [0.5, 0.6) is 0 Å². The van der Waals surface area contributed by atoms with Crippen molar-refractivity contribution in [2.75, 3.05) is 13.2 Å². The Morgan fingerprint density at radius 3 is 1.37 bits per heavy atom. The highest BCUT2D eigenvalue weighted by Gasteiger charge is 2.44. The van der Waals surface area contributed by atoms with Crippen LogP contribution in [0.2, 0.25) is 0 Å². The van der Waals surface area contributed by atoms with Gasteiger partial charge in [0, 0.05) is 6.42 Å². The van der Waals surface area contributed by atoms with Crippen molar-refractivity contribution in [2.24, 2.45) is 0 Å². The number of carbonyl (C=O) groups is 1. The van der Waals surface area contributed by atoms with Crippen LogP contribution in [0, 0.1) is 0 Å². The van der Waals surface area contributed by atoms with Gasteiger partial charge in [0.1, 0.15) is 24.4 Å². The minimum absolute atomic E-state index is 0.178. The molecule has 0 aliphatic carbocycles. The average Bonchev–Trinajstić information content (AvgIpc) is 3.21. The van der Waals surface area contributed by atoms with Crippen molar-refractivity contribution in [3.63, 3.8) is 0 Å². The van der Waals surface area contributed by atoms with Gasteiger partial charge in [0.2, 0.25) is 5.91 Å². The average molecular weight is 812 g/mol. The van der Waals surface area contributed by atoms with E-state index in [4.69, 9.17) is 9.47 Å². The Balaban J connectivity index is 2.22. The number of aliphatic hydroxyl groups excluding tert-OH is 5. The third kappa shape index (κ3) is 29.7. The van der Waals surface area contributed by atoms with E-state index in [1.807, 2.05) is 6.08 Å². The maximum atomic E-state index is 12.9. The lowest BCUT2D eigenvalue weighted by atomic mass is 9.99. The van der Waals surface area contributed by atoms with Crippen molar-refractivity contribution in [2.45, 2.75) is 275 Å². The predicted octanol–water partition coefficient (Wildman–Crippen LogP) is 10.5. The van der Waals surface area contributed by atoms with E-state index in [1.165, 1.54) is 173 Å². The third-order valence-electron chi connectivity index (χ3n) is 11.9. The number of hydrogen-bond donors (Lipinski definition) is 6. The number of carbonyl (C=O) groups excluding carboxylic acids is 1. The second-order valence-electron chi connectivity index (χ2n) is 17.3. The molecule has 6 N–H and O–H groups in total. The highest BCUT2D eigenvalue weighted by atomic mass is 16.7. The third-order valence-corrected chi connectivity index (χ3v) is 11.9. The highest BCUT2D eigenvalue weighted by Crippen LogP contribution is 2.23. The van der Waals surface area contributed by atoms with E-state index < -0.39 is 49.5 Å². The molecule has 0 radical (unpaired) electrons. The molecule has 1 saturated heterocycles. The van der Waals surface area contributed by atoms with Gasteiger partial charge in [-0.1, -0.05) is 219 Å². The van der Waals surface area contributed by atoms with Gasteiger partial charge >= 0.3 is 0 Å². The van der Waals surface area contributed by atoms with Gasteiger partial charge in [0.15, 0.2) is 6.29 Å². The molecule has 1 rings (SSSR count). The Kier molecular flexibility index (Phi) is 37.0. The summed E-state index contributed by atoms with van der Waals surface area (Å²) < 4.78 is 11.2. The van der Waals surface area contributed by atoms with Gasteiger partial charge in [-0.25, -0.2) is 0 Å². The molecule has 0 aromatic rings. The molecule has 7 atom stereocenters. The summed E-state index contributed by atoms with van der Waals surface area (Å²) in [5.74, 6) is -0.178. The van der Waals surface area contributed by atoms with E-state index in [0.29, 0.717) is 6.42 Å². The maximum Gasteiger partial charge on any atom is 0.220 e. The Labute approximate surface area is 350 Å². The zero-order valence-corrected chi connectivity index (χ0v) is 37.1. The van der Waals surface area contributed by atoms with Crippen molar-refractivity contribution in [1.29, 1.82) is 0 Å². The molecule has 0 aromatic heterocycles. The van der Waals surface area contributed by atoms with Gasteiger partial charge in [-0.05, 0) is 19.3 Å². The first kappa shape index (κ1) is 53.9. The molecule has 1 fully saturated rings. The van der Waals surface area contributed by atoms with Crippen molar-refractivity contribution in [3.8, 4) is 0 Å². The summed E-state index contributed by atoms with van der Waals surface area (Å²) in [7, 11) is 0. The van der Waals surface area contributed by atoms with E-state index in [-0.39, 0.29) is 12.5 Å². The zero-order valence-electron chi connectivity index (χ0n) is 37.1. The number of allylic oxidation sites excluding steroid dienone is 1. The SMILES string of the molecule is CCCCCCCCCCCCCCCCCCCCCCCCC/C=C/C(O)C(COC1OC(CO)C(O)C(O)C1O)NC(=O)CCCCCCCCCCC. The van der Waals surface area contributed by atoms with Gasteiger partial charge in [0.05, 0.1) is 25.4 Å². The van der Waals surface area contributed by atoms with E-state index in [1.54, 1.807) is 6.08 Å². The lowest BCUT2D eigenvalue weighted by Gasteiger charge is -2.40. The van der Waals surface area contributed by atoms with Crippen LogP contribution in [0.4, 0.5) is 0 Å². The molecule has 0 aromatic carbocycles. The summed E-state index contributed by atoms with van der Waals surface area (Å²) >= 11 is 0. The van der Waals surface area contributed by atoms with E-state index in [2.05, 4.69) is 19.2 Å². The van der Waals surface area contributed by atoms with Crippen LogP contribution in [0.15, 0.2) is 12.2 Å². The summed E-state index contributed by atoms with van der Waals surface area (Å²) in [5.41, 5.74) is 0. The van der Waals surface area contributed by atoms with Gasteiger partial charge in [-0.15, -0.1) is 0 Å². The van der Waals surface area contributed by atoms with Crippen molar-refractivity contribution >= 4 is 5.91 Å². The summed E-state index contributed by atoms with van der Waals surface area (Å²) in [4.78, 5) is 12.9. The van der Waals surface area contributed by atoms with Gasteiger partial charge in [-0.3, -0.25) is 4.79 Å². The number of aliphatic hydroxyl groups is 5. The van der Waals surface area contributed by atoms with Crippen LogP contribution in [-0.4, -0.2) is 87.5 Å². The Morgan fingerprint density at radius 1 is 0.579 bits per heavy atom. The quantitative estimate of drug-likeness (QED) is 0.0264. The molecule has 7 unspecified atom stereocenters. The molecule has 0 saturated carbocycles. The van der Waals surface area contributed by atoms with Crippen molar-refractivity contribution < 1.29 is 39.8 Å². The van der Waals surface area contributed by atoms with Crippen LogP contribution in [0.3, 0.4) is 0 Å². The molecule has 1 heterocycles. The normalized spacial score (nSPS) is 21.0. The lowest BCUT2D eigenvalue weighted by Crippen LogP contribution is -2.60. The number of amides is 1. The fourth-order valence-electron chi connectivity index (χ4n) is 7.92. The molecule has 1 amide bonds. The summed E-state index contributed by atoms with van der Waals surface area (Å²) in [6.07, 6.45) is 38.5. The fourth-order valence-corrected chi connectivity index (χ4v) is 7.92. The number of ether oxygens (including phenoxy) is 2. The van der Waals surface area contributed by atoms with Crippen LogP contribution in [0.1, 0.15) is 232 Å². The Morgan fingerprint density at radius 2 is 0.965 bits per heavy atom. The van der Waals surface area contributed by atoms with Gasteiger partial charge in [0.25, 0.3) is 0 Å². The molecule has 9 nitrogen and oxygen atoms in total. The van der Waals surface area contributed by atoms with Crippen molar-refractivity contribution in [1.82, 2.24) is 5.32 Å². The molecular formula is C48H93NO8. The van der Waals surface area contributed by atoms with Crippen LogP contribution in [-0.2, 0) is 14.3 Å². The molecular weight excluding hydrogens is 719 g/mol. The van der Waals surface area contributed by atoms with E-state index in [9.17, 15) is 30.3 Å². The van der Waals surface area contributed by atoms with Crippen LogP contribution < -0.4 is 5.32 Å². The second-order valence-corrected chi connectivity index (χ2v) is 17.3. The van der Waals surface area contributed by atoms with Crippen LogP contribution >= 0.6 is 0 Å². The summed E-state index contributed by atoms with van der Waals surface area (Å²) in [6, 6.07) is -0.797. The number of hydrogen-bond acceptors (Lipinski definition) is 8. The Hall–Kier alpha value is -1.07. The van der Waals surface area contributed by atoms with E-state index >= 15 is 0 Å². The topological polar surface area (TPSA) is 149 Å². The first-order chi connectivity index (χ1) is 27.8. The largest absolute Gasteiger partial charge is 0.394 e. The molecule has 1 aliphatic heterocycles. The van der Waals surface area contributed by atoms with E-state index in [0.717, 1.165) is 38.5 Å².